The summed E-state index contributed by atoms with van der Waals surface area (Å²) in [7, 11) is 0. The Morgan fingerprint density at radius 3 is 2.69 bits per heavy atom. The molecule has 1 atom stereocenters. The summed E-state index contributed by atoms with van der Waals surface area (Å²) in [5.41, 5.74) is 2.02. The zero-order valence-corrected chi connectivity index (χ0v) is 8.29. The maximum absolute atomic E-state index is 10.7. The summed E-state index contributed by atoms with van der Waals surface area (Å²) in [5.74, 6) is 0.492. The zero-order chi connectivity index (χ0) is 9.68. The molecular weight excluding hydrogens is 160 g/mol. The average Bonchev–Trinajstić information content (AvgIpc) is 2.18. The van der Waals surface area contributed by atoms with Gasteiger partial charge in [0.2, 0.25) is 0 Å². The van der Waals surface area contributed by atoms with Gasteiger partial charge in [0.1, 0.15) is 6.29 Å². The van der Waals surface area contributed by atoms with Gasteiger partial charge in [-0.25, -0.2) is 0 Å². The first-order valence-electron chi connectivity index (χ1n) is 4.83. The van der Waals surface area contributed by atoms with E-state index in [1.165, 1.54) is 5.56 Å². The topological polar surface area (TPSA) is 17.1 Å². The lowest BCUT2D eigenvalue weighted by Gasteiger charge is -2.12. The molecule has 0 radical (unpaired) electrons. The normalized spacial score (nSPS) is 12.5. The predicted octanol–water partition coefficient (Wildman–Crippen LogP) is 3.40. The molecule has 0 aliphatic rings. The van der Waals surface area contributed by atoms with Crippen molar-refractivity contribution < 1.29 is 4.79 Å². The molecule has 0 spiro atoms. The van der Waals surface area contributed by atoms with Crippen molar-refractivity contribution in [3.8, 4) is 0 Å². The summed E-state index contributed by atoms with van der Waals surface area (Å²) >= 11 is 0. The summed E-state index contributed by atoms with van der Waals surface area (Å²) in [6.07, 6.45) is 3.25. The second kappa shape index (κ2) is 4.80. The lowest BCUT2D eigenvalue weighted by Crippen LogP contribution is -1.97. The fourth-order valence-electron chi connectivity index (χ4n) is 1.66. The minimum Gasteiger partial charge on any atom is -0.298 e. The Labute approximate surface area is 79.8 Å². The first-order valence-corrected chi connectivity index (χ1v) is 4.83. The van der Waals surface area contributed by atoms with Crippen molar-refractivity contribution in [3.05, 3.63) is 35.4 Å². The first-order chi connectivity index (χ1) is 6.29. The van der Waals surface area contributed by atoms with Gasteiger partial charge in [-0.15, -0.1) is 0 Å². The second-order valence-electron chi connectivity index (χ2n) is 3.44. The van der Waals surface area contributed by atoms with E-state index in [0.717, 1.165) is 24.7 Å². The first kappa shape index (κ1) is 9.97. The van der Waals surface area contributed by atoms with Gasteiger partial charge in [0, 0.05) is 5.56 Å². The van der Waals surface area contributed by atoms with E-state index in [1.807, 2.05) is 24.3 Å². The average molecular weight is 176 g/mol. The van der Waals surface area contributed by atoms with Gasteiger partial charge in [0.15, 0.2) is 0 Å². The molecule has 0 fully saturated rings. The fraction of sp³-hybridized carbons (Fsp3) is 0.417. The summed E-state index contributed by atoms with van der Waals surface area (Å²) in [6, 6.07) is 7.83. The summed E-state index contributed by atoms with van der Waals surface area (Å²) < 4.78 is 0. The van der Waals surface area contributed by atoms with Crippen LogP contribution in [0.1, 0.15) is 48.5 Å². The van der Waals surface area contributed by atoms with Crippen molar-refractivity contribution in [2.45, 2.75) is 32.6 Å². The second-order valence-corrected chi connectivity index (χ2v) is 3.44. The Balaban J connectivity index is 2.91. The van der Waals surface area contributed by atoms with Crippen LogP contribution >= 0.6 is 0 Å². The minimum atomic E-state index is 0.492. The number of rotatable bonds is 4. The zero-order valence-electron chi connectivity index (χ0n) is 8.29. The highest BCUT2D eigenvalue weighted by molar-refractivity contribution is 5.77. The third kappa shape index (κ3) is 2.41. The third-order valence-electron chi connectivity index (χ3n) is 2.38. The molecule has 1 aromatic carbocycles. The third-order valence-corrected chi connectivity index (χ3v) is 2.38. The van der Waals surface area contributed by atoms with E-state index >= 15 is 0 Å². The number of carbonyl (C=O) groups is 1. The summed E-state index contributed by atoms with van der Waals surface area (Å²) in [4.78, 5) is 10.7. The van der Waals surface area contributed by atoms with E-state index in [2.05, 4.69) is 13.8 Å². The maximum Gasteiger partial charge on any atom is 0.150 e. The molecule has 0 saturated heterocycles. The number of benzene rings is 1. The quantitative estimate of drug-likeness (QED) is 0.642. The van der Waals surface area contributed by atoms with E-state index in [-0.39, 0.29) is 0 Å². The Morgan fingerprint density at radius 2 is 2.08 bits per heavy atom. The highest BCUT2D eigenvalue weighted by Crippen LogP contribution is 2.22. The highest BCUT2D eigenvalue weighted by atomic mass is 16.1. The van der Waals surface area contributed by atoms with Crippen LogP contribution in [0.2, 0.25) is 0 Å². The Bertz CT molecular complexity index is 278. The van der Waals surface area contributed by atoms with Gasteiger partial charge in [-0.3, -0.25) is 4.79 Å². The van der Waals surface area contributed by atoms with Crippen molar-refractivity contribution >= 4 is 6.29 Å². The largest absolute Gasteiger partial charge is 0.298 e. The molecule has 13 heavy (non-hydrogen) atoms. The minimum absolute atomic E-state index is 0.492. The van der Waals surface area contributed by atoms with Crippen LogP contribution < -0.4 is 0 Å². The van der Waals surface area contributed by atoms with E-state index < -0.39 is 0 Å². The molecule has 0 aliphatic heterocycles. The van der Waals surface area contributed by atoms with Crippen LogP contribution in [-0.4, -0.2) is 6.29 Å². The summed E-state index contributed by atoms with van der Waals surface area (Å²) in [6.45, 7) is 4.34. The van der Waals surface area contributed by atoms with E-state index in [4.69, 9.17) is 0 Å². The molecule has 1 rings (SSSR count). The number of hydrogen-bond acceptors (Lipinski definition) is 1. The van der Waals surface area contributed by atoms with Crippen LogP contribution in [0.5, 0.6) is 0 Å². The Hall–Kier alpha value is -1.11. The fourth-order valence-corrected chi connectivity index (χ4v) is 1.66. The molecular formula is C12H16O. The standard InChI is InChI=1S/C12H16O/c1-3-6-10(2)12-8-5-4-7-11(12)9-13/h4-5,7-10H,3,6H2,1-2H3. The van der Waals surface area contributed by atoms with Crippen LogP contribution in [0.4, 0.5) is 0 Å². The van der Waals surface area contributed by atoms with Gasteiger partial charge < -0.3 is 0 Å². The highest BCUT2D eigenvalue weighted by Gasteiger charge is 2.07. The molecule has 0 aliphatic carbocycles. The van der Waals surface area contributed by atoms with Crippen LogP contribution in [0, 0.1) is 0 Å². The number of carbonyl (C=O) groups excluding carboxylic acids is 1. The maximum atomic E-state index is 10.7. The molecule has 0 N–H and O–H groups in total. The Morgan fingerprint density at radius 1 is 1.38 bits per heavy atom. The molecule has 1 aromatic rings. The van der Waals surface area contributed by atoms with Crippen molar-refractivity contribution in [3.63, 3.8) is 0 Å². The van der Waals surface area contributed by atoms with Gasteiger partial charge in [-0.2, -0.15) is 0 Å². The molecule has 70 valence electrons. The molecule has 0 saturated carbocycles. The van der Waals surface area contributed by atoms with Crippen molar-refractivity contribution in [2.75, 3.05) is 0 Å². The smallest absolute Gasteiger partial charge is 0.150 e. The van der Waals surface area contributed by atoms with E-state index in [9.17, 15) is 4.79 Å². The number of aldehydes is 1. The molecule has 0 bridgehead atoms. The number of hydrogen-bond donors (Lipinski definition) is 0. The van der Waals surface area contributed by atoms with Crippen molar-refractivity contribution in [1.82, 2.24) is 0 Å². The molecule has 0 amide bonds. The lowest BCUT2D eigenvalue weighted by atomic mass is 9.93. The van der Waals surface area contributed by atoms with Crippen LogP contribution in [0.3, 0.4) is 0 Å². The lowest BCUT2D eigenvalue weighted by molar-refractivity contribution is 0.112. The van der Waals surface area contributed by atoms with Crippen molar-refractivity contribution in [2.24, 2.45) is 0 Å². The monoisotopic (exact) mass is 176 g/mol. The van der Waals surface area contributed by atoms with Crippen LogP contribution in [0.25, 0.3) is 0 Å². The van der Waals surface area contributed by atoms with E-state index in [1.54, 1.807) is 0 Å². The molecule has 1 unspecified atom stereocenters. The van der Waals surface area contributed by atoms with Gasteiger partial charge in [-0.1, -0.05) is 44.5 Å². The van der Waals surface area contributed by atoms with Crippen LogP contribution in [0.15, 0.2) is 24.3 Å². The summed E-state index contributed by atoms with van der Waals surface area (Å²) in [5, 5.41) is 0. The molecule has 1 heteroatoms. The van der Waals surface area contributed by atoms with E-state index in [0.29, 0.717) is 5.92 Å². The van der Waals surface area contributed by atoms with Gasteiger partial charge in [-0.05, 0) is 17.9 Å². The molecule has 1 nitrogen and oxygen atoms in total. The van der Waals surface area contributed by atoms with Gasteiger partial charge >= 0.3 is 0 Å². The SMILES string of the molecule is CCCC(C)c1ccccc1C=O. The predicted molar refractivity (Wildman–Crippen MR) is 55.2 cm³/mol. The molecule has 0 heterocycles. The van der Waals surface area contributed by atoms with Gasteiger partial charge in [0.05, 0.1) is 0 Å². The Kier molecular flexibility index (Phi) is 3.69. The molecule has 0 aromatic heterocycles. The van der Waals surface area contributed by atoms with Crippen LogP contribution in [-0.2, 0) is 0 Å². The van der Waals surface area contributed by atoms with Gasteiger partial charge in [0.25, 0.3) is 0 Å². The van der Waals surface area contributed by atoms with Crippen molar-refractivity contribution in [1.29, 1.82) is 0 Å².